The third-order valence-electron chi connectivity index (χ3n) is 5.06. The second-order valence-corrected chi connectivity index (χ2v) is 7.47. The number of benzene rings is 3. The van der Waals surface area contributed by atoms with Crippen LogP contribution in [-0.2, 0) is 24.1 Å². The molecule has 0 aliphatic heterocycles. The van der Waals surface area contributed by atoms with Crippen LogP contribution in [0.3, 0.4) is 0 Å². The Morgan fingerprint density at radius 1 is 0.793 bits per heavy atom. The Morgan fingerprint density at radius 2 is 1.45 bits per heavy atom. The van der Waals surface area contributed by atoms with Crippen LogP contribution >= 0.6 is 0 Å². The minimum Gasteiger partial charge on any atom is -0.355 e. The molecule has 3 heteroatoms. The number of aryl methyl sites for hydroxylation is 2. The van der Waals surface area contributed by atoms with Gasteiger partial charge >= 0.3 is 0 Å². The Hall–Kier alpha value is -3.20. The van der Waals surface area contributed by atoms with Gasteiger partial charge in [-0.1, -0.05) is 66.2 Å². The zero-order valence-electron chi connectivity index (χ0n) is 17.1. The van der Waals surface area contributed by atoms with Gasteiger partial charge in [-0.3, -0.25) is 9.59 Å². The van der Waals surface area contributed by atoms with E-state index in [1.54, 1.807) is 7.05 Å². The van der Waals surface area contributed by atoms with Crippen LogP contribution in [0.5, 0.6) is 0 Å². The highest BCUT2D eigenvalue weighted by Gasteiger charge is 2.06. The molecule has 0 aliphatic carbocycles. The molecule has 0 heterocycles. The molecule has 29 heavy (non-hydrogen) atoms. The zero-order valence-corrected chi connectivity index (χ0v) is 17.1. The first-order valence-corrected chi connectivity index (χ1v) is 9.99. The fraction of sp³-hybridized carbons (Fsp3) is 0.231. The van der Waals surface area contributed by atoms with Crippen molar-refractivity contribution in [2.75, 3.05) is 7.05 Å². The number of amides is 1. The van der Waals surface area contributed by atoms with E-state index >= 15 is 0 Å². The molecule has 3 aromatic rings. The highest BCUT2D eigenvalue weighted by molar-refractivity contribution is 5.94. The summed E-state index contributed by atoms with van der Waals surface area (Å²) >= 11 is 0. The summed E-state index contributed by atoms with van der Waals surface area (Å²) in [6.07, 6.45) is 2.59. The van der Waals surface area contributed by atoms with Crippen LogP contribution in [0.4, 0.5) is 0 Å². The number of nitrogens with one attached hydrogen (secondary N) is 1. The predicted octanol–water partition coefficient (Wildman–Crippen LogP) is 4.69. The van der Waals surface area contributed by atoms with Crippen molar-refractivity contribution in [3.8, 4) is 0 Å². The van der Waals surface area contributed by atoms with Crippen LogP contribution in [0.15, 0.2) is 72.8 Å². The Kier molecular flexibility index (Phi) is 6.96. The normalized spacial score (nSPS) is 10.6. The summed E-state index contributed by atoms with van der Waals surface area (Å²) in [6, 6.07) is 24.2. The lowest BCUT2D eigenvalue weighted by Gasteiger charge is -2.07. The Bertz CT molecular complexity index is 972. The lowest BCUT2D eigenvalue weighted by atomic mass is 9.99. The van der Waals surface area contributed by atoms with Crippen molar-refractivity contribution in [2.45, 2.75) is 32.6 Å². The molecular formula is C26H27NO2. The van der Waals surface area contributed by atoms with Crippen molar-refractivity contribution < 1.29 is 9.59 Å². The maximum Gasteiger partial charge on any atom is 0.251 e. The van der Waals surface area contributed by atoms with Crippen molar-refractivity contribution in [2.24, 2.45) is 0 Å². The number of carbonyl (C=O) groups excluding carboxylic acids is 2. The first kappa shape index (κ1) is 20.5. The van der Waals surface area contributed by atoms with Crippen LogP contribution in [0, 0.1) is 6.92 Å². The van der Waals surface area contributed by atoms with Gasteiger partial charge < -0.3 is 5.32 Å². The van der Waals surface area contributed by atoms with E-state index in [1.807, 2.05) is 55.5 Å². The van der Waals surface area contributed by atoms with Gasteiger partial charge in [0.25, 0.3) is 5.91 Å². The largest absolute Gasteiger partial charge is 0.355 e. The van der Waals surface area contributed by atoms with Crippen molar-refractivity contribution in [3.63, 3.8) is 0 Å². The van der Waals surface area contributed by atoms with E-state index in [-0.39, 0.29) is 11.7 Å². The number of ketones is 1. The molecule has 3 aromatic carbocycles. The summed E-state index contributed by atoms with van der Waals surface area (Å²) in [5.41, 5.74) is 6.43. The molecule has 0 unspecified atom stereocenters. The summed E-state index contributed by atoms with van der Waals surface area (Å²) in [7, 11) is 1.64. The summed E-state index contributed by atoms with van der Waals surface area (Å²) in [6.45, 7) is 2.05. The quantitative estimate of drug-likeness (QED) is 0.611. The standard InChI is InChI=1S/C26H27NO2/c1-19-6-8-22(9-7-19)18-25(28)15-14-20-10-12-21(13-11-20)16-23-4-3-5-24(17-23)26(29)27-2/h3-13,17H,14-16,18H2,1-2H3,(H,27,29). The Balaban J connectivity index is 1.53. The molecule has 3 rings (SSSR count). The number of carbonyl (C=O) groups is 2. The van der Waals surface area contributed by atoms with Gasteiger partial charge in [-0.25, -0.2) is 0 Å². The first-order chi connectivity index (χ1) is 14.0. The van der Waals surface area contributed by atoms with Crippen molar-refractivity contribution in [1.82, 2.24) is 5.32 Å². The second kappa shape index (κ2) is 9.83. The van der Waals surface area contributed by atoms with Gasteiger partial charge in [-0.15, -0.1) is 0 Å². The van der Waals surface area contributed by atoms with Crippen LogP contribution in [0.25, 0.3) is 0 Å². The number of hydrogen-bond acceptors (Lipinski definition) is 2. The molecule has 0 fully saturated rings. The third kappa shape index (κ3) is 6.15. The summed E-state index contributed by atoms with van der Waals surface area (Å²) in [5, 5.41) is 2.65. The molecule has 0 atom stereocenters. The summed E-state index contributed by atoms with van der Waals surface area (Å²) in [4.78, 5) is 24.0. The van der Waals surface area contributed by atoms with Gasteiger partial charge in [-0.2, -0.15) is 0 Å². The van der Waals surface area contributed by atoms with Gasteiger partial charge in [0.05, 0.1) is 0 Å². The van der Waals surface area contributed by atoms with Gasteiger partial charge in [0, 0.05) is 25.5 Å². The summed E-state index contributed by atoms with van der Waals surface area (Å²) in [5.74, 6) is 0.196. The Morgan fingerprint density at radius 3 is 2.14 bits per heavy atom. The van der Waals surface area contributed by atoms with E-state index in [9.17, 15) is 9.59 Å². The molecule has 0 bridgehead atoms. The highest BCUT2D eigenvalue weighted by Crippen LogP contribution is 2.14. The lowest BCUT2D eigenvalue weighted by molar-refractivity contribution is -0.118. The van der Waals surface area contributed by atoms with Gasteiger partial charge in [-0.05, 0) is 54.2 Å². The van der Waals surface area contributed by atoms with E-state index < -0.39 is 0 Å². The SMILES string of the molecule is CNC(=O)c1cccc(Cc2ccc(CCC(=O)Cc3ccc(C)cc3)cc2)c1. The van der Waals surface area contributed by atoms with E-state index in [0.717, 1.165) is 24.0 Å². The molecule has 0 radical (unpaired) electrons. The van der Waals surface area contributed by atoms with Gasteiger partial charge in [0.2, 0.25) is 0 Å². The number of hydrogen-bond donors (Lipinski definition) is 1. The fourth-order valence-corrected chi connectivity index (χ4v) is 3.33. The van der Waals surface area contributed by atoms with Crippen molar-refractivity contribution in [3.05, 3.63) is 106 Å². The molecule has 1 amide bonds. The van der Waals surface area contributed by atoms with Crippen LogP contribution < -0.4 is 5.32 Å². The molecular weight excluding hydrogens is 358 g/mol. The van der Waals surface area contributed by atoms with Gasteiger partial charge in [0.1, 0.15) is 5.78 Å². The van der Waals surface area contributed by atoms with E-state index in [0.29, 0.717) is 18.4 Å². The minimum atomic E-state index is -0.0718. The maximum atomic E-state index is 12.3. The minimum absolute atomic E-state index is 0.0718. The van der Waals surface area contributed by atoms with Gasteiger partial charge in [0.15, 0.2) is 0 Å². The first-order valence-electron chi connectivity index (χ1n) is 9.99. The number of rotatable bonds is 8. The molecule has 3 nitrogen and oxygen atoms in total. The van der Waals surface area contributed by atoms with Crippen LogP contribution in [-0.4, -0.2) is 18.7 Å². The van der Waals surface area contributed by atoms with Crippen LogP contribution in [0.2, 0.25) is 0 Å². The zero-order chi connectivity index (χ0) is 20.6. The lowest BCUT2D eigenvalue weighted by Crippen LogP contribution is -2.17. The topological polar surface area (TPSA) is 46.2 Å². The fourth-order valence-electron chi connectivity index (χ4n) is 3.33. The van der Waals surface area contributed by atoms with Crippen LogP contribution in [0.1, 0.15) is 44.6 Å². The monoisotopic (exact) mass is 385 g/mol. The molecule has 148 valence electrons. The maximum absolute atomic E-state index is 12.3. The summed E-state index contributed by atoms with van der Waals surface area (Å²) < 4.78 is 0. The van der Waals surface area contributed by atoms with E-state index in [2.05, 4.69) is 29.6 Å². The molecule has 1 N–H and O–H groups in total. The molecule has 0 spiro atoms. The third-order valence-corrected chi connectivity index (χ3v) is 5.06. The Labute approximate surface area is 172 Å². The van der Waals surface area contributed by atoms with Crippen molar-refractivity contribution >= 4 is 11.7 Å². The molecule has 0 saturated heterocycles. The van der Waals surface area contributed by atoms with Crippen molar-refractivity contribution in [1.29, 1.82) is 0 Å². The average molecular weight is 386 g/mol. The highest BCUT2D eigenvalue weighted by atomic mass is 16.1. The van der Waals surface area contributed by atoms with E-state index in [4.69, 9.17) is 0 Å². The van der Waals surface area contributed by atoms with E-state index in [1.165, 1.54) is 16.7 Å². The second-order valence-electron chi connectivity index (χ2n) is 7.47. The predicted molar refractivity (Wildman–Crippen MR) is 117 cm³/mol. The number of Topliss-reactive ketones (excluding diaryl/α,β-unsaturated/α-hetero) is 1. The molecule has 0 aromatic heterocycles. The molecule has 0 saturated carbocycles. The average Bonchev–Trinajstić information content (AvgIpc) is 2.74. The smallest absolute Gasteiger partial charge is 0.251 e. The molecule has 0 aliphatic rings.